The molecule has 3 aromatic carbocycles. The van der Waals surface area contributed by atoms with Gasteiger partial charge >= 0.3 is 0 Å². The van der Waals surface area contributed by atoms with Crippen LogP contribution >= 0.6 is 0 Å². The van der Waals surface area contributed by atoms with Crippen molar-refractivity contribution >= 4 is 16.7 Å². The Morgan fingerprint density at radius 2 is 1.65 bits per heavy atom. The quantitative estimate of drug-likeness (QED) is 0.640. The van der Waals surface area contributed by atoms with Crippen molar-refractivity contribution in [3.8, 4) is 0 Å². The maximum atomic E-state index is 12.2. The molecular formula is C22H23NO3. The zero-order valence-corrected chi connectivity index (χ0v) is 14.7. The highest BCUT2D eigenvalue weighted by molar-refractivity contribution is 5.83. The van der Waals surface area contributed by atoms with Crippen LogP contribution in [0.2, 0.25) is 0 Å². The smallest absolute Gasteiger partial charge is 0.223 e. The summed E-state index contributed by atoms with van der Waals surface area (Å²) in [7, 11) is 0. The molecule has 4 nitrogen and oxygen atoms in total. The van der Waals surface area contributed by atoms with Crippen LogP contribution in [0, 0.1) is 0 Å². The Balaban J connectivity index is 1.59. The van der Waals surface area contributed by atoms with Crippen LogP contribution in [-0.2, 0) is 10.4 Å². The van der Waals surface area contributed by atoms with Gasteiger partial charge in [0, 0.05) is 6.54 Å². The summed E-state index contributed by atoms with van der Waals surface area (Å²) in [6.45, 7) is 1.71. The molecular weight excluding hydrogens is 326 g/mol. The molecule has 0 saturated carbocycles. The second-order valence-corrected chi connectivity index (χ2v) is 6.74. The summed E-state index contributed by atoms with van der Waals surface area (Å²) in [6.07, 6.45) is -0.869. The van der Waals surface area contributed by atoms with Crippen LogP contribution in [0.1, 0.15) is 30.6 Å². The summed E-state index contributed by atoms with van der Waals surface area (Å²) in [5.41, 5.74) is 0.184. The maximum Gasteiger partial charge on any atom is 0.223 e. The standard InChI is InChI=1S/C22H23NO3/c1-22(26,19-9-3-2-4-10-19)14-21(25)23-15-20(24)18-12-11-16-7-5-6-8-17(16)13-18/h2-13,20,24,26H,14-15H2,1H3,(H,23,25). The fraction of sp³-hybridized carbons (Fsp3) is 0.227. The van der Waals surface area contributed by atoms with Crippen molar-refractivity contribution in [2.75, 3.05) is 6.54 Å². The number of carbonyl (C=O) groups is 1. The molecule has 26 heavy (non-hydrogen) atoms. The Labute approximate surface area is 153 Å². The van der Waals surface area contributed by atoms with Crippen molar-refractivity contribution in [2.45, 2.75) is 25.0 Å². The van der Waals surface area contributed by atoms with Gasteiger partial charge in [-0.25, -0.2) is 0 Å². The second kappa shape index (κ2) is 7.68. The summed E-state index contributed by atoms with van der Waals surface area (Å²) in [5, 5.41) is 25.8. The minimum absolute atomic E-state index is 0.0680. The van der Waals surface area contributed by atoms with Gasteiger partial charge < -0.3 is 15.5 Å². The van der Waals surface area contributed by atoms with Crippen molar-refractivity contribution in [2.24, 2.45) is 0 Å². The lowest BCUT2D eigenvalue weighted by atomic mass is 9.92. The molecule has 3 rings (SSSR count). The summed E-state index contributed by atoms with van der Waals surface area (Å²) < 4.78 is 0. The predicted octanol–water partition coefficient (Wildman–Crippen LogP) is 3.29. The van der Waals surface area contributed by atoms with Gasteiger partial charge in [0.05, 0.1) is 18.1 Å². The summed E-state index contributed by atoms with van der Waals surface area (Å²) >= 11 is 0. The fourth-order valence-corrected chi connectivity index (χ4v) is 3.02. The molecule has 0 radical (unpaired) electrons. The Morgan fingerprint density at radius 3 is 2.38 bits per heavy atom. The van der Waals surface area contributed by atoms with Crippen molar-refractivity contribution in [1.82, 2.24) is 5.32 Å². The lowest BCUT2D eigenvalue weighted by Crippen LogP contribution is -2.34. The number of fused-ring (bicyclic) bond motifs is 1. The molecule has 0 aliphatic rings. The first-order valence-electron chi connectivity index (χ1n) is 8.67. The summed E-state index contributed by atoms with van der Waals surface area (Å²) in [6, 6.07) is 22.7. The van der Waals surface area contributed by atoms with Crippen molar-refractivity contribution in [3.05, 3.63) is 83.9 Å². The zero-order valence-electron chi connectivity index (χ0n) is 14.7. The fourth-order valence-electron chi connectivity index (χ4n) is 3.02. The summed E-state index contributed by atoms with van der Waals surface area (Å²) in [4.78, 5) is 12.2. The largest absolute Gasteiger partial charge is 0.387 e. The molecule has 0 fully saturated rings. The van der Waals surface area contributed by atoms with Crippen molar-refractivity contribution in [3.63, 3.8) is 0 Å². The molecule has 3 N–H and O–H groups in total. The van der Waals surface area contributed by atoms with Gasteiger partial charge in [-0.2, -0.15) is 0 Å². The lowest BCUT2D eigenvalue weighted by molar-refractivity contribution is -0.126. The molecule has 1 amide bonds. The average Bonchev–Trinajstić information content (AvgIpc) is 2.66. The van der Waals surface area contributed by atoms with Crippen LogP contribution in [0.4, 0.5) is 0 Å². The van der Waals surface area contributed by atoms with Gasteiger partial charge in [-0.05, 0) is 34.9 Å². The molecule has 0 saturated heterocycles. The first kappa shape index (κ1) is 18.1. The third kappa shape index (κ3) is 4.28. The van der Waals surface area contributed by atoms with E-state index in [0.29, 0.717) is 5.56 Å². The van der Waals surface area contributed by atoms with E-state index in [0.717, 1.165) is 16.3 Å². The number of hydrogen-bond acceptors (Lipinski definition) is 3. The van der Waals surface area contributed by atoms with Crippen LogP contribution in [-0.4, -0.2) is 22.7 Å². The first-order valence-corrected chi connectivity index (χ1v) is 8.67. The molecule has 4 heteroatoms. The van der Waals surface area contributed by atoms with Crippen molar-refractivity contribution in [1.29, 1.82) is 0 Å². The minimum atomic E-state index is -1.25. The van der Waals surface area contributed by atoms with Crippen LogP contribution in [0.3, 0.4) is 0 Å². The number of amides is 1. The Bertz CT molecular complexity index is 890. The van der Waals surface area contributed by atoms with Gasteiger partial charge in [0.1, 0.15) is 0 Å². The highest BCUT2D eigenvalue weighted by Crippen LogP contribution is 2.24. The number of hydrogen-bond donors (Lipinski definition) is 3. The second-order valence-electron chi connectivity index (χ2n) is 6.74. The van der Waals surface area contributed by atoms with Gasteiger partial charge in [0.15, 0.2) is 0 Å². The Hall–Kier alpha value is -2.69. The maximum absolute atomic E-state index is 12.2. The van der Waals surface area contributed by atoms with Gasteiger partial charge in [0.2, 0.25) is 5.91 Å². The number of rotatable bonds is 6. The van der Waals surface area contributed by atoms with Crippen molar-refractivity contribution < 1.29 is 15.0 Å². The monoisotopic (exact) mass is 349 g/mol. The average molecular weight is 349 g/mol. The van der Waals surface area contributed by atoms with E-state index in [1.807, 2.05) is 60.7 Å². The van der Waals surface area contributed by atoms with Gasteiger partial charge in [-0.1, -0.05) is 66.7 Å². The van der Waals surface area contributed by atoms with Crippen LogP contribution in [0.25, 0.3) is 10.8 Å². The van der Waals surface area contributed by atoms with E-state index in [1.54, 1.807) is 19.1 Å². The van der Waals surface area contributed by atoms with Crippen LogP contribution < -0.4 is 5.32 Å². The lowest BCUT2D eigenvalue weighted by Gasteiger charge is -2.23. The zero-order chi connectivity index (χ0) is 18.6. The number of nitrogens with one attached hydrogen (secondary N) is 1. The third-order valence-electron chi connectivity index (χ3n) is 4.55. The third-order valence-corrected chi connectivity index (χ3v) is 4.55. The van der Waals surface area contributed by atoms with Crippen LogP contribution in [0.15, 0.2) is 72.8 Å². The van der Waals surface area contributed by atoms with Gasteiger partial charge in [-0.3, -0.25) is 4.79 Å². The number of aliphatic hydroxyl groups excluding tert-OH is 1. The molecule has 134 valence electrons. The molecule has 0 heterocycles. The van der Waals surface area contributed by atoms with E-state index in [-0.39, 0.29) is 18.9 Å². The number of benzene rings is 3. The van der Waals surface area contributed by atoms with E-state index in [9.17, 15) is 15.0 Å². The molecule has 0 aromatic heterocycles. The van der Waals surface area contributed by atoms with Gasteiger partial charge in [-0.15, -0.1) is 0 Å². The van der Waals surface area contributed by atoms with Crippen LogP contribution in [0.5, 0.6) is 0 Å². The summed E-state index contributed by atoms with van der Waals surface area (Å²) in [5.74, 6) is -0.307. The number of carbonyl (C=O) groups excluding carboxylic acids is 1. The SMILES string of the molecule is CC(O)(CC(=O)NCC(O)c1ccc2ccccc2c1)c1ccccc1. The molecule has 2 atom stereocenters. The molecule has 0 spiro atoms. The Kier molecular flexibility index (Phi) is 5.35. The number of aliphatic hydroxyl groups is 2. The molecule has 0 bridgehead atoms. The minimum Gasteiger partial charge on any atom is -0.387 e. The molecule has 2 unspecified atom stereocenters. The normalized spacial score (nSPS) is 14.6. The Morgan fingerprint density at radius 1 is 1.00 bits per heavy atom. The topological polar surface area (TPSA) is 69.6 Å². The van der Waals surface area contributed by atoms with E-state index >= 15 is 0 Å². The van der Waals surface area contributed by atoms with E-state index in [4.69, 9.17) is 0 Å². The predicted molar refractivity (Wildman–Crippen MR) is 103 cm³/mol. The first-order chi connectivity index (χ1) is 12.5. The van der Waals surface area contributed by atoms with E-state index < -0.39 is 11.7 Å². The highest BCUT2D eigenvalue weighted by Gasteiger charge is 2.26. The van der Waals surface area contributed by atoms with E-state index in [1.165, 1.54) is 0 Å². The van der Waals surface area contributed by atoms with Gasteiger partial charge in [0.25, 0.3) is 0 Å². The molecule has 0 aliphatic heterocycles. The highest BCUT2D eigenvalue weighted by atomic mass is 16.3. The molecule has 0 aliphatic carbocycles. The molecule has 3 aromatic rings. The van der Waals surface area contributed by atoms with E-state index in [2.05, 4.69) is 5.32 Å².